The molecule has 4 rings (SSSR count). The first-order chi connectivity index (χ1) is 13.6. The van der Waals surface area contributed by atoms with E-state index in [2.05, 4.69) is 21.5 Å². The molecule has 4 aromatic rings. The summed E-state index contributed by atoms with van der Waals surface area (Å²) in [6.45, 7) is 0.501. The van der Waals surface area contributed by atoms with E-state index in [1.54, 1.807) is 29.1 Å². The smallest absolute Gasteiger partial charge is 0.225 e. The highest BCUT2D eigenvalue weighted by molar-refractivity contribution is 6.35. The third-order valence-corrected chi connectivity index (χ3v) is 5.14. The molecule has 0 fully saturated rings. The average Bonchev–Trinajstić information content (AvgIpc) is 3.29. The van der Waals surface area contributed by atoms with Crippen molar-refractivity contribution >= 4 is 45.8 Å². The maximum absolute atomic E-state index is 12.3. The van der Waals surface area contributed by atoms with Crippen molar-refractivity contribution in [1.29, 1.82) is 0 Å². The highest BCUT2D eigenvalue weighted by atomic mass is 35.5. The van der Waals surface area contributed by atoms with E-state index in [9.17, 15) is 4.79 Å². The van der Waals surface area contributed by atoms with E-state index in [0.717, 1.165) is 22.0 Å². The molecule has 0 aliphatic heterocycles. The van der Waals surface area contributed by atoms with E-state index in [1.165, 1.54) is 0 Å². The van der Waals surface area contributed by atoms with Crippen LogP contribution in [0, 0.1) is 0 Å². The first kappa shape index (κ1) is 18.6. The number of H-pyrrole nitrogens is 1. The fraction of sp³-hybridized carbons (Fsp3) is 0.143. The number of aryl methyl sites for hydroxylation is 1. The van der Waals surface area contributed by atoms with Gasteiger partial charge in [-0.3, -0.25) is 9.48 Å². The van der Waals surface area contributed by atoms with Gasteiger partial charge in [0.1, 0.15) is 0 Å². The van der Waals surface area contributed by atoms with Crippen molar-refractivity contribution in [2.75, 3.05) is 5.32 Å². The third-order valence-electron chi connectivity index (χ3n) is 4.55. The van der Waals surface area contributed by atoms with Gasteiger partial charge in [-0.1, -0.05) is 47.5 Å². The molecule has 2 heterocycles. The van der Waals surface area contributed by atoms with Crippen molar-refractivity contribution in [2.45, 2.75) is 19.4 Å². The van der Waals surface area contributed by atoms with Gasteiger partial charge < -0.3 is 10.3 Å². The van der Waals surface area contributed by atoms with E-state index >= 15 is 0 Å². The number of carbonyl (C=O) groups is 1. The fourth-order valence-electron chi connectivity index (χ4n) is 3.13. The molecule has 0 atom stereocenters. The molecule has 2 aromatic heterocycles. The van der Waals surface area contributed by atoms with Crippen LogP contribution in [0.3, 0.4) is 0 Å². The zero-order chi connectivity index (χ0) is 19.5. The zero-order valence-electron chi connectivity index (χ0n) is 15.0. The van der Waals surface area contributed by atoms with Crippen LogP contribution >= 0.6 is 23.2 Å². The van der Waals surface area contributed by atoms with Gasteiger partial charge in [0.15, 0.2) is 5.82 Å². The maximum atomic E-state index is 12.3. The topological polar surface area (TPSA) is 62.7 Å². The summed E-state index contributed by atoms with van der Waals surface area (Å²) >= 11 is 12.1. The van der Waals surface area contributed by atoms with E-state index < -0.39 is 0 Å². The molecule has 28 heavy (non-hydrogen) atoms. The SMILES string of the molecule is O=C(CCc1c[nH]c2ccccc12)Nc1ccn(Cc2ccc(Cl)cc2Cl)n1. The molecule has 0 bridgehead atoms. The summed E-state index contributed by atoms with van der Waals surface area (Å²) in [4.78, 5) is 15.5. The van der Waals surface area contributed by atoms with Gasteiger partial charge in [-0.15, -0.1) is 0 Å². The summed E-state index contributed by atoms with van der Waals surface area (Å²) in [5.41, 5.74) is 3.12. The molecule has 0 saturated heterocycles. The third kappa shape index (κ3) is 4.21. The molecule has 0 unspecified atom stereocenters. The minimum atomic E-state index is -0.0694. The predicted octanol–water partition coefficient (Wildman–Crippen LogP) is 5.29. The summed E-state index contributed by atoms with van der Waals surface area (Å²) in [5.74, 6) is 0.453. The number of carbonyl (C=O) groups excluding carboxylic acids is 1. The minimum absolute atomic E-state index is 0.0694. The standard InChI is InChI=1S/C21H18Cl2N4O/c22-16-7-5-15(18(23)11-16)13-27-10-9-20(26-27)25-21(28)8-6-14-12-24-19-4-2-1-3-17(14)19/h1-5,7,9-12,24H,6,8,13H2,(H,25,26,28). The molecule has 0 radical (unpaired) electrons. The van der Waals surface area contributed by atoms with Crippen LogP contribution in [-0.2, 0) is 17.8 Å². The Hall–Kier alpha value is -2.76. The highest BCUT2D eigenvalue weighted by Crippen LogP contribution is 2.22. The molecular formula is C21H18Cl2N4O. The number of hydrogen-bond donors (Lipinski definition) is 2. The Kier molecular flexibility index (Phi) is 5.37. The lowest BCUT2D eigenvalue weighted by Crippen LogP contribution is -2.13. The number of nitrogens with zero attached hydrogens (tertiary/aromatic N) is 2. The minimum Gasteiger partial charge on any atom is -0.361 e. The van der Waals surface area contributed by atoms with Crippen molar-refractivity contribution in [3.05, 3.63) is 82.1 Å². The molecule has 7 heteroatoms. The maximum Gasteiger partial charge on any atom is 0.225 e. The zero-order valence-corrected chi connectivity index (χ0v) is 16.5. The Morgan fingerprint density at radius 1 is 1.11 bits per heavy atom. The molecule has 0 aliphatic rings. The van der Waals surface area contributed by atoms with E-state index in [4.69, 9.17) is 23.2 Å². The second kappa shape index (κ2) is 8.09. The van der Waals surface area contributed by atoms with Gasteiger partial charge in [-0.25, -0.2) is 0 Å². The summed E-state index contributed by atoms with van der Waals surface area (Å²) in [7, 11) is 0. The Labute approximate surface area is 172 Å². The molecule has 0 spiro atoms. The second-order valence-corrected chi connectivity index (χ2v) is 7.39. The normalized spacial score (nSPS) is 11.1. The number of amides is 1. The average molecular weight is 413 g/mol. The van der Waals surface area contributed by atoms with Crippen LogP contribution in [-0.4, -0.2) is 20.7 Å². The van der Waals surface area contributed by atoms with E-state index in [0.29, 0.717) is 35.2 Å². The van der Waals surface area contributed by atoms with Crippen LogP contribution in [0.5, 0.6) is 0 Å². The Morgan fingerprint density at radius 3 is 2.82 bits per heavy atom. The molecule has 2 N–H and O–H groups in total. The monoisotopic (exact) mass is 412 g/mol. The highest BCUT2D eigenvalue weighted by Gasteiger charge is 2.09. The number of hydrogen-bond acceptors (Lipinski definition) is 2. The molecule has 142 valence electrons. The van der Waals surface area contributed by atoms with Crippen molar-refractivity contribution in [1.82, 2.24) is 14.8 Å². The predicted molar refractivity (Wildman–Crippen MR) is 113 cm³/mol. The van der Waals surface area contributed by atoms with Gasteiger partial charge in [0.2, 0.25) is 5.91 Å². The molecule has 2 aromatic carbocycles. The Bertz CT molecular complexity index is 1130. The van der Waals surface area contributed by atoms with Crippen LogP contribution in [0.25, 0.3) is 10.9 Å². The first-order valence-corrected chi connectivity index (χ1v) is 9.66. The van der Waals surface area contributed by atoms with Gasteiger partial charge in [-0.05, 0) is 35.7 Å². The Morgan fingerprint density at radius 2 is 1.96 bits per heavy atom. The van der Waals surface area contributed by atoms with Crippen LogP contribution in [0.4, 0.5) is 5.82 Å². The lowest BCUT2D eigenvalue weighted by Gasteiger charge is -2.05. The fourth-order valence-corrected chi connectivity index (χ4v) is 3.60. The van der Waals surface area contributed by atoms with Gasteiger partial charge >= 0.3 is 0 Å². The second-order valence-electron chi connectivity index (χ2n) is 6.54. The lowest BCUT2D eigenvalue weighted by atomic mass is 10.1. The van der Waals surface area contributed by atoms with Crippen molar-refractivity contribution < 1.29 is 4.79 Å². The molecule has 0 saturated carbocycles. The number of fused-ring (bicyclic) bond motifs is 1. The number of anilines is 1. The van der Waals surface area contributed by atoms with Crippen molar-refractivity contribution in [2.24, 2.45) is 0 Å². The summed E-state index contributed by atoms with van der Waals surface area (Å²) < 4.78 is 1.73. The summed E-state index contributed by atoms with van der Waals surface area (Å²) in [6, 6.07) is 15.2. The van der Waals surface area contributed by atoms with Crippen LogP contribution in [0.2, 0.25) is 10.0 Å². The quantitative estimate of drug-likeness (QED) is 0.451. The number of rotatable bonds is 6. The van der Waals surface area contributed by atoms with Crippen LogP contribution in [0.15, 0.2) is 60.9 Å². The number of aromatic amines is 1. The van der Waals surface area contributed by atoms with E-state index in [1.807, 2.05) is 30.5 Å². The summed E-state index contributed by atoms with van der Waals surface area (Å²) in [6.07, 6.45) is 4.82. The summed E-state index contributed by atoms with van der Waals surface area (Å²) in [5, 5.41) is 9.58. The molecule has 1 amide bonds. The van der Waals surface area contributed by atoms with Gasteiger partial charge in [0.25, 0.3) is 0 Å². The van der Waals surface area contributed by atoms with Gasteiger partial charge in [-0.2, -0.15) is 5.10 Å². The number of benzene rings is 2. The molecule has 0 aliphatic carbocycles. The number of nitrogens with one attached hydrogen (secondary N) is 2. The van der Waals surface area contributed by atoms with Crippen molar-refractivity contribution in [3.63, 3.8) is 0 Å². The largest absolute Gasteiger partial charge is 0.361 e. The number of aromatic nitrogens is 3. The number of halogens is 2. The Balaban J connectivity index is 1.35. The van der Waals surface area contributed by atoms with Gasteiger partial charge in [0, 0.05) is 45.8 Å². The first-order valence-electron chi connectivity index (χ1n) is 8.91. The van der Waals surface area contributed by atoms with Crippen LogP contribution in [0.1, 0.15) is 17.5 Å². The molecular weight excluding hydrogens is 395 g/mol. The van der Waals surface area contributed by atoms with Crippen molar-refractivity contribution in [3.8, 4) is 0 Å². The number of para-hydroxylation sites is 1. The lowest BCUT2D eigenvalue weighted by molar-refractivity contribution is -0.116. The van der Waals surface area contributed by atoms with Gasteiger partial charge in [0.05, 0.1) is 6.54 Å². The molecule has 5 nitrogen and oxygen atoms in total. The van der Waals surface area contributed by atoms with E-state index in [-0.39, 0.29) is 5.91 Å². The van der Waals surface area contributed by atoms with Crippen LogP contribution < -0.4 is 5.32 Å².